The Hall–Kier alpha value is -1.49. The number of hydrogen-bond donors (Lipinski definition) is 2. The van der Waals surface area contributed by atoms with E-state index in [0.29, 0.717) is 0 Å². The van der Waals surface area contributed by atoms with Gasteiger partial charge in [0.2, 0.25) is 0 Å². The Morgan fingerprint density at radius 2 is 1.81 bits per heavy atom. The Balaban J connectivity index is 3.60. The summed E-state index contributed by atoms with van der Waals surface area (Å²) in [5, 5.41) is 19.2. The van der Waals surface area contributed by atoms with Gasteiger partial charge in [0.05, 0.1) is 25.4 Å². The molecular weight excluding hydrogens is 215 g/mol. The molecular formula is C11H15FO4. The average molecular weight is 230 g/mol. The summed E-state index contributed by atoms with van der Waals surface area (Å²) < 4.78 is 23.7. The van der Waals surface area contributed by atoms with Crippen LogP contribution in [-0.2, 0) is 5.60 Å². The molecule has 4 nitrogen and oxygen atoms in total. The summed E-state index contributed by atoms with van der Waals surface area (Å²) in [5.41, 5.74) is -1.62. The van der Waals surface area contributed by atoms with Crippen LogP contribution >= 0.6 is 0 Å². The second-order valence-electron chi connectivity index (χ2n) is 3.88. The van der Waals surface area contributed by atoms with Gasteiger partial charge in [0.15, 0.2) is 23.1 Å². The fraction of sp³-hybridized carbons (Fsp3) is 0.455. The van der Waals surface area contributed by atoms with Gasteiger partial charge in [-0.15, -0.1) is 0 Å². The second kappa shape index (κ2) is 4.17. The van der Waals surface area contributed by atoms with E-state index in [-0.39, 0.29) is 17.1 Å². The van der Waals surface area contributed by atoms with Gasteiger partial charge in [-0.05, 0) is 13.8 Å². The maximum Gasteiger partial charge on any atom is 0.174 e. The molecule has 2 N–H and O–H groups in total. The van der Waals surface area contributed by atoms with Crippen LogP contribution in [0.3, 0.4) is 0 Å². The lowest BCUT2D eigenvalue weighted by molar-refractivity contribution is 0.0702. The van der Waals surface area contributed by atoms with Crippen molar-refractivity contribution in [1.29, 1.82) is 0 Å². The van der Waals surface area contributed by atoms with Crippen molar-refractivity contribution in [3.63, 3.8) is 0 Å². The van der Waals surface area contributed by atoms with Gasteiger partial charge in [0.25, 0.3) is 0 Å². The molecule has 1 aromatic carbocycles. The molecule has 0 aliphatic heterocycles. The first-order chi connectivity index (χ1) is 7.32. The predicted octanol–water partition coefficient (Wildman–Crippen LogP) is 1.78. The lowest BCUT2D eigenvalue weighted by Gasteiger charge is -2.23. The fourth-order valence-corrected chi connectivity index (χ4v) is 1.50. The molecule has 0 aliphatic rings. The minimum atomic E-state index is -1.48. The van der Waals surface area contributed by atoms with Gasteiger partial charge in [0.1, 0.15) is 0 Å². The maximum absolute atomic E-state index is 13.7. The quantitative estimate of drug-likeness (QED) is 0.831. The summed E-state index contributed by atoms with van der Waals surface area (Å²) in [6.45, 7) is 2.79. The van der Waals surface area contributed by atoms with Crippen molar-refractivity contribution in [2.45, 2.75) is 19.4 Å². The summed E-state index contributed by atoms with van der Waals surface area (Å²) in [6, 6.07) is 1.10. The molecule has 1 aromatic rings. The number of benzene rings is 1. The number of phenols is 1. The first kappa shape index (κ1) is 12.6. The molecule has 90 valence electrons. The smallest absolute Gasteiger partial charge is 0.174 e. The van der Waals surface area contributed by atoms with Crippen LogP contribution in [0.5, 0.6) is 17.2 Å². The van der Waals surface area contributed by atoms with E-state index in [9.17, 15) is 14.6 Å². The van der Waals surface area contributed by atoms with Gasteiger partial charge in [-0.2, -0.15) is 0 Å². The standard InChI is InChI=1S/C11H15FO4/c1-11(2,14)8-9(12)6(13)5-7(15-3)10(8)16-4/h5,13-14H,1-4H3. The van der Waals surface area contributed by atoms with Gasteiger partial charge in [-0.1, -0.05) is 0 Å². The summed E-state index contributed by atoms with van der Waals surface area (Å²) in [4.78, 5) is 0. The van der Waals surface area contributed by atoms with Gasteiger partial charge in [-0.3, -0.25) is 0 Å². The highest BCUT2D eigenvalue weighted by Crippen LogP contribution is 2.42. The Morgan fingerprint density at radius 3 is 2.19 bits per heavy atom. The number of aliphatic hydroxyl groups is 1. The minimum Gasteiger partial charge on any atom is -0.505 e. The van der Waals surface area contributed by atoms with Gasteiger partial charge in [0, 0.05) is 6.07 Å². The van der Waals surface area contributed by atoms with Crippen molar-refractivity contribution in [3.8, 4) is 17.2 Å². The minimum absolute atomic E-state index is 0.0744. The maximum atomic E-state index is 13.7. The van der Waals surface area contributed by atoms with Crippen LogP contribution in [-0.4, -0.2) is 24.4 Å². The zero-order chi connectivity index (χ0) is 12.5. The largest absolute Gasteiger partial charge is 0.505 e. The van der Waals surface area contributed by atoms with Crippen molar-refractivity contribution in [1.82, 2.24) is 0 Å². The van der Waals surface area contributed by atoms with E-state index in [2.05, 4.69) is 0 Å². The van der Waals surface area contributed by atoms with Gasteiger partial charge in [-0.25, -0.2) is 4.39 Å². The molecule has 0 heterocycles. The molecule has 0 aliphatic carbocycles. The highest BCUT2D eigenvalue weighted by molar-refractivity contribution is 5.54. The summed E-state index contributed by atoms with van der Waals surface area (Å²) in [7, 11) is 2.70. The van der Waals surface area contributed by atoms with Crippen molar-refractivity contribution < 1.29 is 24.1 Å². The Labute approximate surface area is 93.2 Å². The predicted molar refractivity (Wildman–Crippen MR) is 56.4 cm³/mol. The van der Waals surface area contributed by atoms with Crippen LogP contribution in [0.15, 0.2) is 6.07 Å². The number of halogens is 1. The van der Waals surface area contributed by atoms with Crippen molar-refractivity contribution in [2.24, 2.45) is 0 Å². The van der Waals surface area contributed by atoms with Crippen molar-refractivity contribution >= 4 is 0 Å². The summed E-state index contributed by atoms with van der Waals surface area (Å²) >= 11 is 0. The number of methoxy groups -OCH3 is 2. The van der Waals surface area contributed by atoms with E-state index in [4.69, 9.17) is 9.47 Å². The van der Waals surface area contributed by atoms with E-state index in [0.717, 1.165) is 6.07 Å². The van der Waals surface area contributed by atoms with Crippen LogP contribution in [0.2, 0.25) is 0 Å². The van der Waals surface area contributed by atoms with Crippen LogP contribution < -0.4 is 9.47 Å². The van der Waals surface area contributed by atoms with Crippen molar-refractivity contribution in [2.75, 3.05) is 14.2 Å². The molecule has 1 rings (SSSR count). The average Bonchev–Trinajstić information content (AvgIpc) is 2.19. The van der Waals surface area contributed by atoms with E-state index < -0.39 is 17.2 Å². The molecule has 0 fully saturated rings. The van der Waals surface area contributed by atoms with Crippen LogP contribution in [0, 0.1) is 5.82 Å². The van der Waals surface area contributed by atoms with Crippen LogP contribution in [0.4, 0.5) is 4.39 Å². The fourth-order valence-electron chi connectivity index (χ4n) is 1.50. The first-order valence-corrected chi connectivity index (χ1v) is 4.69. The molecule has 0 amide bonds. The zero-order valence-corrected chi connectivity index (χ0v) is 9.67. The topological polar surface area (TPSA) is 58.9 Å². The monoisotopic (exact) mass is 230 g/mol. The third-order valence-electron chi connectivity index (χ3n) is 2.20. The SMILES string of the molecule is COc1cc(O)c(F)c(C(C)(C)O)c1OC. The molecule has 0 unspecified atom stereocenters. The normalized spacial score (nSPS) is 11.4. The number of hydrogen-bond acceptors (Lipinski definition) is 4. The molecule has 0 aromatic heterocycles. The van der Waals surface area contributed by atoms with Gasteiger partial charge < -0.3 is 19.7 Å². The van der Waals surface area contributed by atoms with E-state index in [1.165, 1.54) is 28.1 Å². The molecule has 16 heavy (non-hydrogen) atoms. The van der Waals surface area contributed by atoms with E-state index in [1.807, 2.05) is 0 Å². The lowest BCUT2D eigenvalue weighted by atomic mass is 9.95. The third kappa shape index (κ3) is 2.04. The third-order valence-corrected chi connectivity index (χ3v) is 2.20. The molecule has 0 bridgehead atoms. The summed E-state index contributed by atoms with van der Waals surface area (Å²) in [5.74, 6) is -1.26. The Kier molecular flexibility index (Phi) is 3.28. The second-order valence-corrected chi connectivity index (χ2v) is 3.88. The molecule has 0 spiro atoms. The van der Waals surface area contributed by atoms with Crippen molar-refractivity contribution in [3.05, 3.63) is 17.4 Å². The molecule has 5 heteroatoms. The molecule has 0 radical (unpaired) electrons. The van der Waals surface area contributed by atoms with Crippen LogP contribution in [0.1, 0.15) is 19.4 Å². The molecule has 0 atom stereocenters. The zero-order valence-electron chi connectivity index (χ0n) is 9.67. The number of ether oxygens (including phenoxy) is 2. The number of rotatable bonds is 3. The van der Waals surface area contributed by atoms with E-state index in [1.54, 1.807) is 0 Å². The van der Waals surface area contributed by atoms with Crippen LogP contribution in [0.25, 0.3) is 0 Å². The molecule has 0 saturated heterocycles. The Bertz CT molecular complexity index is 396. The van der Waals surface area contributed by atoms with E-state index >= 15 is 0 Å². The highest BCUT2D eigenvalue weighted by Gasteiger charge is 2.30. The number of phenolic OH excluding ortho intramolecular Hbond substituents is 1. The lowest BCUT2D eigenvalue weighted by Crippen LogP contribution is -2.19. The number of aromatic hydroxyl groups is 1. The first-order valence-electron chi connectivity index (χ1n) is 4.69. The van der Waals surface area contributed by atoms with Gasteiger partial charge >= 0.3 is 0 Å². The molecule has 0 saturated carbocycles. The Morgan fingerprint density at radius 1 is 1.25 bits per heavy atom. The highest BCUT2D eigenvalue weighted by atomic mass is 19.1. The summed E-state index contributed by atoms with van der Waals surface area (Å²) in [6.07, 6.45) is 0.